The number of ether oxygens (including phenoxy) is 1. The Balaban J connectivity index is 1.74. The Bertz CT molecular complexity index is 1470. The summed E-state index contributed by atoms with van der Waals surface area (Å²) in [5.74, 6) is -1.30. The molecule has 212 valence electrons. The molecule has 0 spiro atoms. The number of hydrogen-bond donors (Lipinski definition) is 3. The highest BCUT2D eigenvalue weighted by molar-refractivity contribution is 7.89. The van der Waals surface area contributed by atoms with E-state index in [4.69, 9.17) is 15.3 Å². The third-order valence-electron chi connectivity index (χ3n) is 6.17. The number of anilines is 1. The highest BCUT2D eigenvalue weighted by atomic mass is 32.2. The molecule has 2 amide bonds. The van der Waals surface area contributed by atoms with E-state index in [9.17, 15) is 18.0 Å². The van der Waals surface area contributed by atoms with Gasteiger partial charge in [-0.2, -0.15) is 0 Å². The van der Waals surface area contributed by atoms with Crippen LogP contribution in [0.15, 0.2) is 77.7 Å². The van der Waals surface area contributed by atoms with Crippen molar-refractivity contribution in [2.75, 3.05) is 11.9 Å². The van der Waals surface area contributed by atoms with Gasteiger partial charge in [0.15, 0.2) is 0 Å². The molecular formula is C30H36N4O5S. The van der Waals surface area contributed by atoms with Crippen LogP contribution in [0, 0.1) is 11.3 Å². The molecule has 40 heavy (non-hydrogen) atoms. The van der Waals surface area contributed by atoms with Crippen LogP contribution in [0.2, 0.25) is 0 Å². The lowest BCUT2D eigenvalue weighted by atomic mass is 10.1. The Labute approximate surface area is 235 Å². The van der Waals surface area contributed by atoms with Gasteiger partial charge in [-0.05, 0) is 60.7 Å². The summed E-state index contributed by atoms with van der Waals surface area (Å²) >= 11 is 0. The quantitative estimate of drug-likeness (QED) is 0.185. The number of nitrogens with one attached hydrogen (secondary N) is 2. The lowest BCUT2D eigenvalue weighted by Crippen LogP contribution is -2.41. The highest BCUT2D eigenvalue weighted by Crippen LogP contribution is 2.27. The number of carbonyl (C=O) groups is 2. The first-order valence-electron chi connectivity index (χ1n) is 13.1. The van der Waals surface area contributed by atoms with Crippen molar-refractivity contribution in [1.29, 1.82) is 5.41 Å². The smallest absolute Gasteiger partial charge is 0.313 e. The number of sulfonamides is 1. The van der Waals surface area contributed by atoms with Crippen molar-refractivity contribution in [3.8, 4) is 11.1 Å². The van der Waals surface area contributed by atoms with E-state index >= 15 is 0 Å². The van der Waals surface area contributed by atoms with Crippen molar-refractivity contribution in [3.05, 3.63) is 83.9 Å². The number of amides is 2. The van der Waals surface area contributed by atoms with Crippen LogP contribution in [-0.4, -0.2) is 43.7 Å². The minimum Gasteiger partial charge on any atom is -0.475 e. The third-order valence-corrected chi connectivity index (χ3v) is 7.14. The fourth-order valence-electron chi connectivity index (χ4n) is 4.06. The number of carbonyl (C=O) groups excluding carboxylic acids is 2. The Morgan fingerprint density at radius 1 is 1.00 bits per heavy atom. The number of hydrogen-bond acceptors (Lipinski definition) is 6. The average Bonchev–Trinajstić information content (AvgIpc) is 2.92. The van der Waals surface area contributed by atoms with Crippen LogP contribution >= 0.6 is 0 Å². The summed E-state index contributed by atoms with van der Waals surface area (Å²) in [5, 5.41) is 16.2. The largest absolute Gasteiger partial charge is 0.475 e. The zero-order valence-electron chi connectivity index (χ0n) is 23.2. The van der Waals surface area contributed by atoms with Crippen LogP contribution in [0.5, 0.6) is 0 Å². The average molecular weight is 565 g/mol. The van der Waals surface area contributed by atoms with E-state index in [1.807, 2.05) is 33.8 Å². The van der Waals surface area contributed by atoms with Crippen molar-refractivity contribution in [1.82, 2.24) is 4.90 Å². The lowest BCUT2D eigenvalue weighted by molar-refractivity contribution is -0.143. The van der Waals surface area contributed by atoms with Gasteiger partial charge in [-0.25, -0.2) is 13.6 Å². The van der Waals surface area contributed by atoms with Gasteiger partial charge in [-0.3, -0.25) is 15.0 Å². The molecule has 0 aromatic heterocycles. The maximum atomic E-state index is 13.2. The lowest BCUT2D eigenvalue weighted by Gasteiger charge is -2.24. The molecule has 0 heterocycles. The summed E-state index contributed by atoms with van der Waals surface area (Å²) in [7, 11) is -3.92. The van der Waals surface area contributed by atoms with E-state index in [-0.39, 0.29) is 29.4 Å². The highest BCUT2D eigenvalue weighted by Gasteiger charge is 2.24. The van der Waals surface area contributed by atoms with Gasteiger partial charge in [-0.1, -0.05) is 63.2 Å². The molecule has 1 unspecified atom stereocenters. The number of rotatable bonds is 10. The van der Waals surface area contributed by atoms with Gasteiger partial charge in [0.2, 0.25) is 15.9 Å². The molecule has 0 saturated carbocycles. The monoisotopic (exact) mass is 564 g/mol. The number of benzene rings is 3. The van der Waals surface area contributed by atoms with Gasteiger partial charge in [0.05, 0.1) is 11.0 Å². The van der Waals surface area contributed by atoms with Crippen LogP contribution in [0.4, 0.5) is 5.69 Å². The van der Waals surface area contributed by atoms with E-state index in [0.29, 0.717) is 28.9 Å². The second-order valence-electron chi connectivity index (χ2n) is 10.0. The first kappa shape index (κ1) is 30.5. The van der Waals surface area contributed by atoms with Gasteiger partial charge >= 0.3 is 11.8 Å². The molecule has 0 radical (unpaired) electrons. The van der Waals surface area contributed by atoms with E-state index in [1.54, 1.807) is 60.7 Å². The van der Waals surface area contributed by atoms with Crippen molar-refractivity contribution in [3.63, 3.8) is 0 Å². The van der Waals surface area contributed by atoms with Crippen molar-refractivity contribution in [2.24, 2.45) is 11.1 Å². The van der Waals surface area contributed by atoms with Crippen molar-refractivity contribution < 1.29 is 22.7 Å². The molecule has 4 N–H and O–H groups in total. The van der Waals surface area contributed by atoms with Gasteiger partial charge in [0.1, 0.15) is 0 Å². The minimum absolute atomic E-state index is 0.00284. The molecule has 0 aliphatic heterocycles. The number of nitrogens with zero attached hydrogens (tertiary/aromatic N) is 1. The van der Waals surface area contributed by atoms with Crippen molar-refractivity contribution in [2.45, 2.75) is 51.7 Å². The van der Waals surface area contributed by atoms with Crippen molar-refractivity contribution >= 4 is 33.4 Å². The summed E-state index contributed by atoms with van der Waals surface area (Å²) in [6, 6.07) is 20.1. The standard InChI is InChI=1S/C30H36N4O5S/c1-5-21(4)39-28(31)24-10-8-9-22(17-24)19-34(18-20(2)3)30(36)29(35)33-25-15-13-23(14-16-25)26-11-6-7-12-27(26)40(32,37)38/h6-17,20-21,31H,5,18-19H2,1-4H3,(H,33,35)(H2,32,37,38). The summed E-state index contributed by atoms with van der Waals surface area (Å²) in [5.41, 5.74) is 2.79. The second-order valence-corrected chi connectivity index (χ2v) is 11.5. The predicted molar refractivity (Wildman–Crippen MR) is 156 cm³/mol. The SMILES string of the molecule is CCC(C)OC(=N)c1cccc(CN(CC(C)C)C(=O)C(=O)Nc2ccc(-c3ccccc3S(N)(=O)=O)cc2)c1. The van der Waals surface area contributed by atoms with Gasteiger partial charge in [-0.15, -0.1) is 0 Å². The van der Waals surface area contributed by atoms with Crippen LogP contribution in [-0.2, 0) is 30.9 Å². The summed E-state index contributed by atoms with van der Waals surface area (Å²) in [6.45, 7) is 8.36. The van der Waals surface area contributed by atoms with Gasteiger partial charge in [0.25, 0.3) is 0 Å². The normalized spacial score (nSPS) is 12.1. The second kappa shape index (κ2) is 13.4. The number of nitrogens with two attached hydrogens (primary N) is 1. The Hall–Kier alpha value is -4.02. The summed E-state index contributed by atoms with van der Waals surface area (Å²) in [4.78, 5) is 27.6. The molecule has 3 aromatic carbocycles. The Morgan fingerprint density at radius 2 is 1.68 bits per heavy atom. The molecule has 1 atom stereocenters. The maximum absolute atomic E-state index is 13.2. The van der Waals surface area contributed by atoms with Crippen LogP contribution in [0.3, 0.4) is 0 Å². The molecule has 0 saturated heterocycles. The Morgan fingerprint density at radius 3 is 2.30 bits per heavy atom. The third kappa shape index (κ3) is 8.24. The summed E-state index contributed by atoms with van der Waals surface area (Å²) < 4.78 is 29.5. The first-order chi connectivity index (χ1) is 18.9. The molecular weight excluding hydrogens is 528 g/mol. The van der Waals surface area contributed by atoms with E-state index in [0.717, 1.165) is 12.0 Å². The van der Waals surface area contributed by atoms with E-state index in [1.165, 1.54) is 11.0 Å². The molecule has 0 aliphatic carbocycles. The van der Waals surface area contributed by atoms with Crippen LogP contribution in [0.25, 0.3) is 11.1 Å². The Kier molecular flexibility index (Phi) is 10.2. The minimum atomic E-state index is -3.92. The predicted octanol–water partition coefficient (Wildman–Crippen LogP) is 4.76. The molecule has 3 rings (SSSR count). The molecule has 3 aromatic rings. The maximum Gasteiger partial charge on any atom is 0.313 e. The molecule has 0 aliphatic rings. The molecule has 10 heteroatoms. The molecule has 9 nitrogen and oxygen atoms in total. The fourth-order valence-corrected chi connectivity index (χ4v) is 4.82. The zero-order valence-corrected chi connectivity index (χ0v) is 24.0. The van der Waals surface area contributed by atoms with Gasteiger partial charge in [0, 0.05) is 29.9 Å². The first-order valence-corrected chi connectivity index (χ1v) is 14.6. The molecule has 0 fully saturated rings. The van der Waals surface area contributed by atoms with Crippen LogP contribution < -0.4 is 10.5 Å². The topological polar surface area (TPSA) is 143 Å². The van der Waals surface area contributed by atoms with Crippen LogP contribution in [0.1, 0.15) is 45.2 Å². The summed E-state index contributed by atoms with van der Waals surface area (Å²) in [6.07, 6.45) is 0.691. The zero-order chi connectivity index (χ0) is 29.4. The fraction of sp³-hybridized carbons (Fsp3) is 0.300. The van der Waals surface area contributed by atoms with Gasteiger partial charge < -0.3 is 15.0 Å². The number of primary sulfonamides is 1. The molecule has 0 bridgehead atoms. The van der Waals surface area contributed by atoms with E-state index < -0.39 is 21.8 Å². The van der Waals surface area contributed by atoms with E-state index in [2.05, 4.69) is 5.32 Å².